The first-order chi connectivity index (χ1) is 16.8. The number of nitrogens with zero attached hydrogens (tertiary/aromatic N) is 1. The second-order valence-corrected chi connectivity index (χ2v) is 8.63. The third-order valence-electron chi connectivity index (χ3n) is 6.44. The highest BCUT2D eigenvalue weighted by Gasteiger charge is 2.25. The number of aliphatic hydroxyl groups excluding tert-OH is 1. The van der Waals surface area contributed by atoms with E-state index in [0.717, 1.165) is 45.6 Å². The fourth-order valence-corrected chi connectivity index (χ4v) is 4.74. The molecule has 0 fully saturated rings. The fraction of sp³-hybridized carbons (Fsp3) is 0.133. The first-order valence-corrected chi connectivity index (χ1v) is 11.5. The molecule has 34 heavy (non-hydrogen) atoms. The Labute approximate surface area is 198 Å². The van der Waals surface area contributed by atoms with E-state index in [2.05, 4.69) is 53.1 Å². The minimum atomic E-state index is 0.0256. The van der Waals surface area contributed by atoms with Crippen molar-refractivity contribution >= 4 is 10.9 Å². The molecule has 1 N–H and O–H groups in total. The summed E-state index contributed by atoms with van der Waals surface area (Å²) in [6, 6.07) is 32.9. The van der Waals surface area contributed by atoms with E-state index in [1.165, 1.54) is 16.8 Å². The molecule has 4 aromatic carbocycles. The van der Waals surface area contributed by atoms with Crippen LogP contribution in [0.1, 0.15) is 22.3 Å². The smallest absolute Gasteiger partial charge is 0.129 e. The number of rotatable bonds is 6. The maximum atomic E-state index is 9.69. The second-order valence-electron chi connectivity index (χ2n) is 8.63. The standard InChI is InChI=1S/C30H25NO3/c32-18-23-12-15-28-26(16-23)27-20-34-29-9-5-4-8-25(29)30(27)31(28)17-21-10-13-24(14-11-21)33-19-22-6-2-1-3-7-22/h1-16,32H,17-20H2. The van der Waals surface area contributed by atoms with Gasteiger partial charge in [0.25, 0.3) is 0 Å². The Balaban J connectivity index is 1.35. The molecule has 0 unspecified atom stereocenters. The topological polar surface area (TPSA) is 43.6 Å². The van der Waals surface area contributed by atoms with E-state index in [0.29, 0.717) is 13.2 Å². The van der Waals surface area contributed by atoms with Gasteiger partial charge in [0.05, 0.1) is 12.3 Å². The molecule has 2 heterocycles. The first kappa shape index (κ1) is 20.6. The lowest BCUT2D eigenvalue weighted by molar-refractivity contribution is 0.282. The maximum absolute atomic E-state index is 9.69. The molecule has 0 saturated carbocycles. The Morgan fingerprint density at radius 1 is 0.794 bits per heavy atom. The molecule has 5 aromatic rings. The van der Waals surface area contributed by atoms with Crippen molar-refractivity contribution in [2.75, 3.05) is 0 Å². The molecule has 4 nitrogen and oxygen atoms in total. The number of hydrogen-bond acceptors (Lipinski definition) is 3. The molecular weight excluding hydrogens is 422 g/mol. The highest BCUT2D eigenvalue weighted by Crippen LogP contribution is 2.43. The van der Waals surface area contributed by atoms with Crippen LogP contribution in [0.15, 0.2) is 97.1 Å². The molecule has 1 aromatic heterocycles. The van der Waals surface area contributed by atoms with Gasteiger partial charge in [-0.15, -0.1) is 0 Å². The SMILES string of the molecule is OCc1ccc2c(c1)c1c(n2Cc2ccc(OCc3ccccc3)cc2)-c2ccccc2OC1. The van der Waals surface area contributed by atoms with Gasteiger partial charge in [0.1, 0.15) is 24.7 Å². The summed E-state index contributed by atoms with van der Waals surface area (Å²) >= 11 is 0. The lowest BCUT2D eigenvalue weighted by atomic mass is 10.0. The van der Waals surface area contributed by atoms with Crippen molar-refractivity contribution < 1.29 is 14.6 Å². The molecule has 6 rings (SSSR count). The van der Waals surface area contributed by atoms with Crippen LogP contribution in [0.4, 0.5) is 0 Å². The van der Waals surface area contributed by atoms with Crippen molar-refractivity contribution in [2.24, 2.45) is 0 Å². The Morgan fingerprint density at radius 3 is 2.38 bits per heavy atom. The Morgan fingerprint density at radius 2 is 1.56 bits per heavy atom. The number of para-hydroxylation sites is 1. The van der Waals surface area contributed by atoms with Gasteiger partial charge in [-0.1, -0.05) is 60.7 Å². The number of fused-ring (bicyclic) bond motifs is 5. The predicted octanol–water partition coefficient (Wildman–Crippen LogP) is 6.32. The van der Waals surface area contributed by atoms with Gasteiger partial charge in [-0.05, 0) is 53.1 Å². The summed E-state index contributed by atoms with van der Waals surface area (Å²) < 4.78 is 14.4. The van der Waals surface area contributed by atoms with Gasteiger partial charge in [0, 0.05) is 28.6 Å². The fourth-order valence-electron chi connectivity index (χ4n) is 4.74. The number of hydrogen-bond donors (Lipinski definition) is 1. The van der Waals surface area contributed by atoms with E-state index >= 15 is 0 Å². The van der Waals surface area contributed by atoms with E-state index in [1.54, 1.807) is 0 Å². The average Bonchev–Trinajstić information content (AvgIpc) is 3.22. The Hall–Kier alpha value is -4.02. The molecule has 0 spiro atoms. The van der Waals surface area contributed by atoms with Crippen molar-refractivity contribution in [3.8, 4) is 22.8 Å². The molecule has 1 aliphatic heterocycles. The quantitative estimate of drug-likeness (QED) is 0.331. The Bertz CT molecular complexity index is 1450. The third kappa shape index (κ3) is 3.72. The summed E-state index contributed by atoms with van der Waals surface area (Å²) in [7, 11) is 0. The summed E-state index contributed by atoms with van der Waals surface area (Å²) in [5.74, 6) is 1.77. The zero-order chi connectivity index (χ0) is 22.9. The highest BCUT2D eigenvalue weighted by molar-refractivity contribution is 5.94. The molecular formula is C30H25NO3. The van der Waals surface area contributed by atoms with Crippen LogP contribution in [0.5, 0.6) is 11.5 Å². The van der Waals surface area contributed by atoms with Crippen LogP contribution in [-0.4, -0.2) is 9.67 Å². The number of aliphatic hydroxyl groups is 1. The van der Waals surface area contributed by atoms with Crippen LogP contribution in [0, 0.1) is 0 Å². The van der Waals surface area contributed by atoms with Crippen molar-refractivity contribution in [3.63, 3.8) is 0 Å². The summed E-state index contributed by atoms with van der Waals surface area (Å²) in [4.78, 5) is 0. The maximum Gasteiger partial charge on any atom is 0.129 e. The van der Waals surface area contributed by atoms with E-state index in [4.69, 9.17) is 9.47 Å². The van der Waals surface area contributed by atoms with Crippen molar-refractivity contribution in [2.45, 2.75) is 26.4 Å². The summed E-state index contributed by atoms with van der Waals surface area (Å²) in [5.41, 5.74) is 7.87. The van der Waals surface area contributed by atoms with Gasteiger partial charge in [-0.2, -0.15) is 0 Å². The van der Waals surface area contributed by atoms with Crippen LogP contribution < -0.4 is 9.47 Å². The van der Waals surface area contributed by atoms with Gasteiger partial charge in [0.15, 0.2) is 0 Å². The first-order valence-electron chi connectivity index (χ1n) is 11.5. The molecule has 0 bridgehead atoms. The molecule has 0 radical (unpaired) electrons. The zero-order valence-electron chi connectivity index (χ0n) is 18.8. The minimum absolute atomic E-state index is 0.0256. The molecule has 0 saturated heterocycles. The summed E-state index contributed by atoms with van der Waals surface area (Å²) in [5, 5.41) is 10.8. The third-order valence-corrected chi connectivity index (χ3v) is 6.44. The molecule has 0 amide bonds. The lowest BCUT2D eigenvalue weighted by Gasteiger charge is -2.21. The normalized spacial score (nSPS) is 12.1. The van der Waals surface area contributed by atoms with Gasteiger partial charge in [0.2, 0.25) is 0 Å². The molecule has 0 aliphatic carbocycles. The largest absolute Gasteiger partial charge is 0.489 e. The highest BCUT2D eigenvalue weighted by atomic mass is 16.5. The van der Waals surface area contributed by atoms with Crippen molar-refractivity contribution in [1.29, 1.82) is 0 Å². The molecule has 4 heteroatoms. The van der Waals surface area contributed by atoms with Crippen LogP contribution >= 0.6 is 0 Å². The van der Waals surface area contributed by atoms with E-state index in [-0.39, 0.29) is 6.61 Å². The summed E-state index contributed by atoms with van der Waals surface area (Å²) in [6.07, 6.45) is 0. The van der Waals surface area contributed by atoms with Gasteiger partial charge < -0.3 is 19.1 Å². The molecule has 0 atom stereocenters. The lowest BCUT2D eigenvalue weighted by Crippen LogP contribution is -2.09. The molecule has 1 aliphatic rings. The van der Waals surface area contributed by atoms with Gasteiger partial charge in [-0.25, -0.2) is 0 Å². The van der Waals surface area contributed by atoms with Crippen LogP contribution in [0.2, 0.25) is 0 Å². The predicted molar refractivity (Wildman–Crippen MR) is 134 cm³/mol. The Kier molecular flexibility index (Phi) is 5.28. The average molecular weight is 448 g/mol. The van der Waals surface area contributed by atoms with Crippen LogP contribution in [0.3, 0.4) is 0 Å². The van der Waals surface area contributed by atoms with Gasteiger partial charge >= 0.3 is 0 Å². The van der Waals surface area contributed by atoms with E-state index in [9.17, 15) is 5.11 Å². The van der Waals surface area contributed by atoms with Crippen LogP contribution in [-0.2, 0) is 26.4 Å². The monoisotopic (exact) mass is 447 g/mol. The van der Waals surface area contributed by atoms with E-state index < -0.39 is 0 Å². The van der Waals surface area contributed by atoms with Crippen LogP contribution in [0.25, 0.3) is 22.2 Å². The van der Waals surface area contributed by atoms with E-state index in [1.807, 2.05) is 48.5 Å². The van der Waals surface area contributed by atoms with Crippen molar-refractivity contribution in [1.82, 2.24) is 4.57 Å². The number of benzene rings is 4. The second kappa shape index (κ2) is 8.73. The number of ether oxygens (including phenoxy) is 2. The minimum Gasteiger partial charge on any atom is -0.489 e. The number of aromatic nitrogens is 1. The van der Waals surface area contributed by atoms with Gasteiger partial charge in [-0.3, -0.25) is 0 Å². The molecule has 168 valence electrons. The summed E-state index contributed by atoms with van der Waals surface area (Å²) in [6.45, 7) is 1.84. The zero-order valence-corrected chi connectivity index (χ0v) is 18.8. The van der Waals surface area contributed by atoms with Crippen molar-refractivity contribution in [3.05, 3.63) is 119 Å².